The lowest BCUT2D eigenvalue weighted by molar-refractivity contribution is 0.0669. The molecular weight excluding hydrogens is 348 g/mol. The van der Waals surface area contributed by atoms with Crippen molar-refractivity contribution in [2.24, 2.45) is 5.92 Å². The number of nitrogens with zero attached hydrogens (tertiary/aromatic N) is 2. The van der Waals surface area contributed by atoms with Gasteiger partial charge in [0.2, 0.25) is 0 Å². The van der Waals surface area contributed by atoms with Crippen LogP contribution in [-0.4, -0.2) is 62.8 Å². The summed E-state index contributed by atoms with van der Waals surface area (Å²) in [5.41, 5.74) is 1.40. The Balaban J connectivity index is 1.21. The zero-order valence-electron chi connectivity index (χ0n) is 17.1. The van der Waals surface area contributed by atoms with Gasteiger partial charge in [-0.2, -0.15) is 0 Å². The SMILES string of the molecule is CN(Cc1ccccc1)CC1CCN(CCOCCOc2ccccc2)CC1. The fourth-order valence-corrected chi connectivity index (χ4v) is 3.82. The summed E-state index contributed by atoms with van der Waals surface area (Å²) in [6.07, 6.45) is 2.58. The van der Waals surface area contributed by atoms with Crippen molar-refractivity contribution in [3.63, 3.8) is 0 Å². The maximum absolute atomic E-state index is 5.74. The van der Waals surface area contributed by atoms with E-state index in [1.807, 2.05) is 30.3 Å². The zero-order chi connectivity index (χ0) is 19.4. The summed E-state index contributed by atoms with van der Waals surface area (Å²) in [4.78, 5) is 5.00. The van der Waals surface area contributed by atoms with Crippen molar-refractivity contribution in [3.05, 3.63) is 66.2 Å². The fourth-order valence-electron chi connectivity index (χ4n) is 3.82. The van der Waals surface area contributed by atoms with Gasteiger partial charge in [0.15, 0.2) is 0 Å². The van der Waals surface area contributed by atoms with Gasteiger partial charge in [-0.05, 0) is 56.6 Å². The lowest BCUT2D eigenvalue weighted by Crippen LogP contribution is -2.39. The van der Waals surface area contributed by atoms with Crippen molar-refractivity contribution in [2.75, 3.05) is 53.0 Å². The molecule has 0 amide bonds. The highest BCUT2D eigenvalue weighted by molar-refractivity contribution is 5.20. The van der Waals surface area contributed by atoms with Crippen LogP contribution in [0.25, 0.3) is 0 Å². The number of benzene rings is 2. The Bertz CT molecular complexity index is 642. The number of hydrogen-bond donors (Lipinski definition) is 0. The van der Waals surface area contributed by atoms with Crippen molar-refractivity contribution in [2.45, 2.75) is 19.4 Å². The average Bonchev–Trinajstić information content (AvgIpc) is 2.73. The molecule has 1 aliphatic rings. The number of rotatable bonds is 11. The second-order valence-electron chi connectivity index (χ2n) is 7.74. The minimum absolute atomic E-state index is 0.611. The Morgan fingerprint density at radius 2 is 1.57 bits per heavy atom. The van der Waals surface area contributed by atoms with Gasteiger partial charge in [-0.1, -0.05) is 48.5 Å². The lowest BCUT2D eigenvalue weighted by Gasteiger charge is -2.33. The Kier molecular flexibility index (Phi) is 8.82. The molecule has 0 spiro atoms. The number of hydrogen-bond acceptors (Lipinski definition) is 4. The first-order chi connectivity index (χ1) is 13.8. The Hall–Kier alpha value is -1.88. The first-order valence-corrected chi connectivity index (χ1v) is 10.5. The van der Waals surface area contributed by atoms with Gasteiger partial charge in [-0.3, -0.25) is 0 Å². The van der Waals surface area contributed by atoms with Gasteiger partial charge in [0.05, 0.1) is 13.2 Å². The van der Waals surface area contributed by atoms with Gasteiger partial charge in [-0.25, -0.2) is 0 Å². The molecule has 0 radical (unpaired) electrons. The molecule has 0 N–H and O–H groups in total. The minimum atomic E-state index is 0.611. The van der Waals surface area contributed by atoms with Crippen molar-refractivity contribution in [3.8, 4) is 5.75 Å². The number of para-hydroxylation sites is 1. The van der Waals surface area contributed by atoms with Gasteiger partial charge in [0.25, 0.3) is 0 Å². The van der Waals surface area contributed by atoms with Crippen LogP contribution in [0.3, 0.4) is 0 Å². The highest BCUT2D eigenvalue weighted by atomic mass is 16.5. The topological polar surface area (TPSA) is 24.9 Å². The van der Waals surface area contributed by atoms with Crippen LogP contribution in [0.1, 0.15) is 18.4 Å². The third-order valence-corrected chi connectivity index (χ3v) is 5.36. The third kappa shape index (κ3) is 7.63. The summed E-state index contributed by atoms with van der Waals surface area (Å²) >= 11 is 0. The molecule has 28 heavy (non-hydrogen) atoms. The van der Waals surface area contributed by atoms with Crippen LogP contribution in [0.2, 0.25) is 0 Å². The van der Waals surface area contributed by atoms with Crippen LogP contribution in [0.15, 0.2) is 60.7 Å². The van der Waals surface area contributed by atoms with Gasteiger partial charge in [0.1, 0.15) is 12.4 Å². The molecule has 0 aromatic heterocycles. The predicted molar refractivity (Wildman–Crippen MR) is 115 cm³/mol. The van der Waals surface area contributed by atoms with E-state index in [1.165, 1.54) is 38.0 Å². The van der Waals surface area contributed by atoms with E-state index in [9.17, 15) is 0 Å². The van der Waals surface area contributed by atoms with Gasteiger partial charge < -0.3 is 19.3 Å². The third-order valence-electron chi connectivity index (χ3n) is 5.36. The van der Waals surface area contributed by atoms with Crippen LogP contribution < -0.4 is 4.74 Å². The second kappa shape index (κ2) is 11.8. The van der Waals surface area contributed by atoms with Crippen LogP contribution in [0.4, 0.5) is 0 Å². The Morgan fingerprint density at radius 3 is 2.29 bits per heavy atom. The number of piperidine rings is 1. The molecule has 2 aromatic rings. The van der Waals surface area contributed by atoms with Crippen molar-refractivity contribution in [1.82, 2.24) is 9.80 Å². The smallest absolute Gasteiger partial charge is 0.119 e. The predicted octanol–water partition coefficient (Wildman–Crippen LogP) is 3.93. The molecule has 1 fully saturated rings. The first kappa shape index (κ1) is 20.8. The van der Waals surface area contributed by atoms with E-state index in [2.05, 4.69) is 47.2 Å². The van der Waals surface area contributed by atoms with E-state index in [4.69, 9.17) is 9.47 Å². The maximum Gasteiger partial charge on any atom is 0.119 e. The normalized spacial score (nSPS) is 15.8. The number of likely N-dealkylation sites (tertiary alicyclic amines) is 1. The molecule has 3 rings (SSSR count). The maximum atomic E-state index is 5.74. The molecule has 1 heterocycles. The van der Waals surface area contributed by atoms with Crippen LogP contribution in [-0.2, 0) is 11.3 Å². The summed E-state index contributed by atoms with van der Waals surface area (Å²) in [6, 6.07) is 20.7. The molecule has 0 unspecified atom stereocenters. The van der Waals surface area contributed by atoms with Gasteiger partial charge in [0, 0.05) is 19.6 Å². The van der Waals surface area contributed by atoms with E-state index in [-0.39, 0.29) is 0 Å². The molecule has 4 nitrogen and oxygen atoms in total. The first-order valence-electron chi connectivity index (χ1n) is 10.5. The molecule has 0 bridgehead atoms. The molecular formula is C24H34N2O2. The lowest BCUT2D eigenvalue weighted by atomic mass is 9.96. The van der Waals surface area contributed by atoms with Crippen molar-refractivity contribution >= 4 is 0 Å². The Labute approximate surface area is 170 Å². The highest BCUT2D eigenvalue weighted by Gasteiger charge is 2.20. The standard InChI is InChI=1S/C24H34N2O2/c1-25(20-22-8-4-2-5-9-22)21-23-12-14-26(15-13-23)16-17-27-18-19-28-24-10-6-3-7-11-24/h2-11,23H,12-21H2,1H3. The van der Waals surface area contributed by atoms with E-state index in [1.54, 1.807) is 0 Å². The summed E-state index contributed by atoms with van der Waals surface area (Å²) in [6.45, 7) is 7.68. The second-order valence-corrected chi connectivity index (χ2v) is 7.74. The van der Waals surface area contributed by atoms with Crippen LogP contribution in [0.5, 0.6) is 5.75 Å². The molecule has 1 aliphatic heterocycles. The van der Waals surface area contributed by atoms with E-state index in [0.29, 0.717) is 13.2 Å². The Morgan fingerprint density at radius 1 is 0.893 bits per heavy atom. The molecule has 2 aromatic carbocycles. The van der Waals surface area contributed by atoms with E-state index < -0.39 is 0 Å². The van der Waals surface area contributed by atoms with E-state index >= 15 is 0 Å². The summed E-state index contributed by atoms with van der Waals surface area (Å²) < 4.78 is 11.4. The summed E-state index contributed by atoms with van der Waals surface area (Å²) in [5, 5.41) is 0. The molecule has 0 atom stereocenters. The van der Waals surface area contributed by atoms with Crippen LogP contribution >= 0.6 is 0 Å². The molecule has 152 valence electrons. The largest absolute Gasteiger partial charge is 0.491 e. The van der Waals surface area contributed by atoms with Gasteiger partial charge in [-0.15, -0.1) is 0 Å². The van der Waals surface area contributed by atoms with Gasteiger partial charge >= 0.3 is 0 Å². The average molecular weight is 383 g/mol. The zero-order valence-corrected chi connectivity index (χ0v) is 17.1. The van der Waals surface area contributed by atoms with E-state index in [0.717, 1.165) is 31.4 Å². The van der Waals surface area contributed by atoms with Crippen molar-refractivity contribution in [1.29, 1.82) is 0 Å². The molecule has 4 heteroatoms. The fraction of sp³-hybridized carbons (Fsp3) is 0.500. The molecule has 0 aliphatic carbocycles. The molecule has 1 saturated heterocycles. The van der Waals surface area contributed by atoms with Crippen LogP contribution in [0, 0.1) is 5.92 Å². The number of ether oxygens (including phenoxy) is 2. The molecule has 0 saturated carbocycles. The summed E-state index contributed by atoms with van der Waals surface area (Å²) in [5.74, 6) is 1.72. The minimum Gasteiger partial charge on any atom is -0.491 e. The summed E-state index contributed by atoms with van der Waals surface area (Å²) in [7, 11) is 2.24. The quantitative estimate of drug-likeness (QED) is 0.550. The van der Waals surface area contributed by atoms with Crippen molar-refractivity contribution < 1.29 is 9.47 Å². The highest BCUT2D eigenvalue weighted by Crippen LogP contribution is 2.18. The monoisotopic (exact) mass is 382 g/mol.